The monoisotopic (exact) mass is 348 g/mol. The fourth-order valence-corrected chi connectivity index (χ4v) is 3.63. The number of oxime groups is 1. The average Bonchev–Trinajstić information content (AvgIpc) is 2.96. The molecule has 1 aromatic rings. The molecule has 0 amide bonds. The van der Waals surface area contributed by atoms with Crippen LogP contribution < -0.4 is 0 Å². The third kappa shape index (κ3) is 4.24. The Morgan fingerprint density at radius 2 is 2.13 bits per heavy atom. The Bertz CT molecular complexity index is 831. The SMILES string of the molecule is CCCS(=O)(=O)ON=C1C=CSC1=C(C#N)c1ccccc1C. The van der Waals surface area contributed by atoms with Crippen LogP contribution in [0.3, 0.4) is 0 Å². The highest BCUT2D eigenvalue weighted by molar-refractivity contribution is 8.07. The number of allylic oxidation sites excluding steroid dienone is 3. The van der Waals surface area contributed by atoms with Crippen LogP contribution in [0.5, 0.6) is 0 Å². The maximum absolute atomic E-state index is 11.6. The third-order valence-corrected chi connectivity index (χ3v) is 5.23. The van der Waals surface area contributed by atoms with Crippen LogP contribution in [0.2, 0.25) is 0 Å². The number of hydrogen-bond acceptors (Lipinski definition) is 6. The molecule has 7 heteroatoms. The van der Waals surface area contributed by atoms with Crippen molar-refractivity contribution in [2.45, 2.75) is 20.3 Å². The lowest BCUT2D eigenvalue weighted by Gasteiger charge is -2.07. The van der Waals surface area contributed by atoms with Gasteiger partial charge in [-0.15, -0.1) is 0 Å². The van der Waals surface area contributed by atoms with Crippen molar-refractivity contribution in [3.63, 3.8) is 0 Å². The second kappa shape index (κ2) is 7.49. The smallest absolute Gasteiger partial charge is 0.268 e. The van der Waals surface area contributed by atoms with E-state index in [9.17, 15) is 13.7 Å². The minimum Gasteiger partial charge on any atom is -0.268 e. The molecule has 1 aliphatic rings. The van der Waals surface area contributed by atoms with Crippen molar-refractivity contribution in [3.8, 4) is 6.07 Å². The van der Waals surface area contributed by atoms with Gasteiger partial charge in [0.1, 0.15) is 11.8 Å². The molecule has 1 heterocycles. The van der Waals surface area contributed by atoms with Gasteiger partial charge in [-0.25, -0.2) is 0 Å². The normalized spacial score (nSPS) is 18.0. The van der Waals surface area contributed by atoms with Crippen molar-refractivity contribution in [1.82, 2.24) is 0 Å². The molecule has 0 saturated carbocycles. The van der Waals surface area contributed by atoms with Gasteiger partial charge >= 0.3 is 10.1 Å². The van der Waals surface area contributed by atoms with Crippen LogP contribution in [0.25, 0.3) is 5.57 Å². The number of nitriles is 1. The zero-order valence-corrected chi connectivity index (χ0v) is 14.4. The summed E-state index contributed by atoms with van der Waals surface area (Å²) in [5.41, 5.74) is 2.55. The first kappa shape index (κ1) is 17.3. The molecule has 0 radical (unpaired) electrons. The standard InChI is InChI=1S/C16H16N2O3S2/c1-3-10-23(19,20)21-18-15-8-9-22-16(15)14(11-17)13-7-5-4-6-12(13)2/h4-9H,3,10H2,1-2H3. The largest absolute Gasteiger partial charge is 0.328 e. The molecule has 2 rings (SSSR count). The average molecular weight is 348 g/mol. The zero-order chi connectivity index (χ0) is 16.9. The molecule has 0 bridgehead atoms. The summed E-state index contributed by atoms with van der Waals surface area (Å²) in [6.45, 7) is 3.66. The lowest BCUT2D eigenvalue weighted by Crippen LogP contribution is -2.08. The molecule has 0 saturated heterocycles. The van der Waals surface area contributed by atoms with Gasteiger partial charge < -0.3 is 0 Å². The van der Waals surface area contributed by atoms with Crippen LogP contribution in [-0.2, 0) is 14.4 Å². The molecule has 0 spiro atoms. The summed E-state index contributed by atoms with van der Waals surface area (Å²) in [6, 6.07) is 9.71. The van der Waals surface area contributed by atoms with Crippen LogP contribution in [0.15, 0.2) is 45.8 Å². The van der Waals surface area contributed by atoms with Gasteiger partial charge in [0.15, 0.2) is 0 Å². The maximum Gasteiger partial charge on any atom is 0.328 e. The predicted molar refractivity (Wildman–Crippen MR) is 93.0 cm³/mol. The Hall–Kier alpha value is -2.04. The number of aryl methyl sites for hydroxylation is 1. The van der Waals surface area contributed by atoms with Crippen LogP contribution in [0, 0.1) is 18.3 Å². The molecule has 0 fully saturated rings. The molecule has 0 aliphatic carbocycles. The minimum absolute atomic E-state index is 0.0947. The van der Waals surface area contributed by atoms with Crippen LogP contribution in [-0.4, -0.2) is 19.9 Å². The van der Waals surface area contributed by atoms with E-state index in [1.165, 1.54) is 11.8 Å². The van der Waals surface area contributed by atoms with E-state index < -0.39 is 10.1 Å². The van der Waals surface area contributed by atoms with Gasteiger partial charge in [-0.2, -0.15) is 13.7 Å². The third-order valence-electron chi connectivity index (χ3n) is 3.10. The highest BCUT2D eigenvalue weighted by Crippen LogP contribution is 2.34. The van der Waals surface area contributed by atoms with E-state index in [1.54, 1.807) is 18.4 Å². The summed E-state index contributed by atoms with van der Waals surface area (Å²) < 4.78 is 27.9. The number of nitrogens with zero attached hydrogens (tertiary/aromatic N) is 2. The fourth-order valence-electron chi connectivity index (χ4n) is 2.03. The molecular weight excluding hydrogens is 332 g/mol. The highest BCUT2D eigenvalue weighted by atomic mass is 32.2. The van der Waals surface area contributed by atoms with Crippen molar-refractivity contribution >= 4 is 33.2 Å². The lowest BCUT2D eigenvalue weighted by atomic mass is 10.0. The highest BCUT2D eigenvalue weighted by Gasteiger charge is 2.20. The van der Waals surface area contributed by atoms with Crippen LogP contribution in [0.4, 0.5) is 0 Å². The molecule has 0 unspecified atom stereocenters. The Balaban J connectivity index is 2.41. The summed E-state index contributed by atoms with van der Waals surface area (Å²) in [4.78, 5) is 0.591. The van der Waals surface area contributed by atoms with Crippen molar-refractivity contribution in [3.05, 3.63) is 51.8 Å². The Labute approximate surface area is 140 Å². The number of benzene rings is 1. The summed E-state index contributed by atoms with van der Waals surface area (Å²) in [5.74, 6) is -0.0947. The van der Waals surface area contributed by atoms with Crippen LogP contribution >= 0.6 is 11.8 Å². The molecule has 23 heavy (non-hydrogen) atoms. The topological polar surface area (TPSA) is 79.5 Å². The zero-order valence-electron chi connectivity index (χ0n) is 12.8. The lowest BCUT2D eigenvalue weighted by molar-refractivity contribution is 0.339. The van der Waals surface area contributed by atoms with Crippen LogP contribution in [0.1, 0.15) is 24.5 Å². The maximum atomic E-state index is 11.6. The van der Waals surface area contributed by atoms with Gasteiger partial charge in [-0.3, -0.25) is 4.28 Å². The summed E-state index contributed by atoms with van der Waals surface area (Å²) in [7, 11) is -3.68. The second-order valence-electron chi connectivity index (χ2n) is 4.86. The van der Waals surface area contributed by atoms with Crippen molar-refractivity contribution in [2.24, 2.45) is 5.16 Å². The quantitative estimate of drug-likeness (QED) is 0.600. The molecule has 0 atom stereocenters. The predicted octanol–water partition coefficient (Wildman–Crippen LogP) is 3.60. The minimum atomic E-state index is -3.68. The van der Waals surface area contributed by atoms with Gasteiger partial charge in [0.05, 0.1) is 16.2 Å². The van der Waals surface area contributed by atoms with Gasteiger partial charge in [-0.1, -0.05) is 48.1 Å². The number of hydrogen-bond donors (Lipinski definition) is 0. The van der Waals surface area contributed by atoms with Crippen molar-refractivity contribution in [2.75, 3.05) is 5.75 Å². The molecular formula is C16H16N2O3S2. The molecule has 1 aromatic carbocycles. The number of thioether (sulfide) groups is 1. The van der Waals surface area contributed by atoms with E-state index >= 15 is 0 Å². The first-order chi connectivity index (χ1) is 11.0. The van der Waals surface area contributed by atoms with E-state index in [0.717, 1.165) is 11.1 Å². The Morgan fingerprint density at radius 1 is 1.39 bits per heavy atom. The van der Waals surface area contributed by atoms with Crippen molar-refractivity contribution in [1.29, 1.82) is 5.26 Å². The molecule has 0 N–H and O–H groups in total. The van der Waals surface area contributed by atoms with Gasteiger partial charge in [0.2, 0.25) is 0 Å². The summed E-state index contributed by atoms with van der Waals surface area (Å²) in [6.07, 6.45) is 2.09. The first-order valence-corrected chi connectivity index (χ1v) is 9.47. The molecule has 120 valence electrons. The van der Waals surface area contributed by atoms with Gasteiger partial charge in [0, 0.05) is 0 Å². The van der Waals surface area contributed by atoms with E-state index in [4.69, 9.17) is 4.28 Å². The summed E-state index contributed by atoms with van der Waals surface area (Å²) >= 11 is 1.32. The molecule has 0 aromatic heterocycles. The fraction of sp³-hybridized carbons (Fsp3) is 0.250. The van der Waals surface area contributed by atoms with Gasteiger partial charge in [0.25, 0.3) is 0 Å². The Kier molecular flexibility index (Phi) is 5.64. The Morgan fingerprint density at radius 3 is 2.78 bits per heavy atom. The van der Waals surface area contributed by atoms with Crippen molar-refractivity contribution < 1.29 is 12.7 Å². The van der Waals surface area contributed by atoms with E-state index in [2.05, 4.69) is 11.2 Å². The van der Waals surface area contributed by atoms with Gasteiger partial charge in [-0.05, 0) is 36.0 Å². The second-order valence-corrected chi connectivity index (χ2v) is 7.45. The van der Waals surface area contributed by atoms with E-state index in [1.807, 2.05) is 31.2 Å². The number of rotatable bonds is 5. The molecule has 5 nitrogen and oxygen atoms in total. The van der Waals surface area contributed by atoms with E-state index in [-0.39, 0.29) is 5.75 Å². The van der Waals surface area contributed by atoms with E-state index in [0.29, 0.717) is 22.6 Å². The molecule has 1 aliphatic heterocycles. The first-order valence-electron chi connectivity index (χ1n) is 7.01. The summed E-state index contributed by atoms with van der Waals surface area (Å²) in [5, 5.41) is 15.0.